The third-order valence-corrected chi connectivity index (χ3v) is 4.21. The molecule has 0 fully saturated rings. The number of pyridine rings is 1. The minimum atomic E-state index is -3.49. The van der Waals surface area contributed by atoms with Gasteiger partial charge in [-0.05, 0) is 48.9 Å². The molecule has 0 atom stereocenters. The lowest BCUT2D eigenvalue weighted by Crippen LogP contribution is -2.00. The Morgan fingerprint density at radius 3 is 2.43 bits per heavy atom. The minimum absolute atomic E-state index is 0.000270. The molecule has 1 aromatic carbocycles. The molecule has 0 saturated carbocycles. The Morgan fingerprint density at radius 1 is 1.14 bits per heavy atom. The molecule has 0 aliphatic heterocycles. The zero-order chi connectivity index (χ0) is 15.2. The summed E-state index contributed by atoms with van der Waals surface area (Å²) in [6.45, 7) is 1.91. The fraction of sp³-hybridized carbons (Fsp3) is 0.133. The van der Waals surface area contributed by atoms with E-state index in [0.29, 0.717) is 16.9 Å². The molecular formula is C15H13FN2O2S. The summed E-state index contributed by atoms with van der Waals surface area (Å²) in [5.74, 6) is -0.371. The monoisotopic (exact) mass is 304 g/mol. The van der Waals surface area contributed by atoms with Crippen LogP contribution in [-0.2, 0) is 9.84 Å². The van der Waals surface area contributed by atoms with E-state index in [0.717, 1.165) is 11.8 Å². The van der Waals surface area contributed by atoms with Crippen molar-refractivity contribution >= 4 is 15.5 Å². The molecule has 108 valence electrons. The third-order valence-electron chi connectivity index (χ3n) is 3.22. The summed E-state index contributed by atoms with van der Waals surface area (Å²) in [5.41, 5.74) is 2.59. The summed E-state index contributed by atoms with van der Waals surface area (Å²) in [7, 11) is -3.49. The molecule has 0 bridgehead atoms. The molecule has 0 amide bonds. The average Bonchev–Trinajstić information content (AvgIpc) is 2.78. The number of aryl methyl sites for hydroxylation is 1. The number of aromatic nitrogens is 2. The average molecular weight is 304 g/mol. The molecule has 2 aromatic heterocycles. The van der Waals surface area contributed by atoms with Gasteiger partial charge >= 0.3 is 0 Å². The van der Waals surface area contributed by atoms with E-state index in [2.05, 4.69) is 4.98 Å². The van der Waals surface area contributed by atoms with Crippen molar-refractivity contribution in [3.8, 4) is 11.3 Å². The van der Waals surface area contributed by atoms with E-state index < -0.39 is 9.84 Å². The Hall–Kier alpha value is -2.21. The second-order valence-corrected chi connectivity index (χ2v) is 6.91. The first-order chi connectivity index (χ1) is 9.86. The van der Waals surface area contributed by atoms with Crippen molar-refractivity contribution in [3.05, 3.63) is 54.0 Å². The van der Waals surface area contributed by atoms with E-state index in [4.69, 9.17) is 0 Å². The number of sulfone groups is 1. The minimum Gasteiger partial charge on any atom is -0.298 e. The number of halogens is 1. The van der Waals surface area contributed by atoms with Crippen molar-refractivity contribution in [2.75, 3.05) is 6.26 Å². The summed E-state index contributed by atoms with van der Waals surface area (Å²) in [4.78, 5) is 4.22. The SMILES string of the molecule is Cc1ccn2c(-c3ccc(F)cc3)c(S(C)(=O)=O)nc2c1. The Labute approximate surface area is 121 Å². The topological polar surface area (TPSA) is 51.4 Å². The van der Waals surface area contributed by atoms with Crippen molar-refractivity contribution in [2.24, 2.45) is 0 Å². The maximum absolute atomic E-state index is 13.1. The Kier molecular flexibility index (Phi) is 3.06. The van der Waals surface area contributed by atoms with Gasteiger partial charge in [0.15, 0.2) is 14.9 Å². The van der Waals surface area contributed by atoms with Crippen molar-refractivity contribution in [1.82, 2.24) is 9.38 Å². The highest BCUT2D eigenvalue weighted by molar-refractivity contribution is 7.90. The number of hydrogen-bond donors (Lipinski definition) is 0. The van der Waals surface area contributed by atoms with Crippen LogP contribution < -0.4 is 0 Å². The fourth-order valence-corrected chi connectivity index (χ4v) is 3.08. The van der Waals surface area contributed by atoms with Crippen LogP contribution in [0, 0.1) is 12.7 Å². The van der Waals surface area contributed by atoms with Gasteiger partial charge in [-0.2, -0.15) is 0 Å². The smallest absolute Gasteiger partial charge is 0.194 e. The molecular weight excluding hydrogens is 291 g/mol. The largest absolute Gasteiger partial charge is 0.298 e. The zero-order valence-corrected chi connectivity index (χ0v) is 12.4. The molecule has 0 spiro atoms. The Bertz CT molecular complexity index is 928. The second-order valence-electron chi connectivity index (χ2n) is 4.98. The van der Waals surface area contributed by atoms with E-state index in [1.165, 1.54) is 12.1 Å². The molecule has 6 heteroatoms. The van der Waals surface area contributed by atoms with Crippen LogP contribution in [0.2, 0.25) is 0 Å². The predicted octanol–water partition coefficient (Wildman–Crippen LogP) is 2.85. The van der Waals surface area contributed by atoms with Gasteiger partial charge < -0.3 is 0 Å². The summed E-state index contributed by atoms with van der Waals surface area (Å²) in [6.07, 6.45) is 2.89. The molecule has 3 aromatic rings. The lowest BCUT2D eigenvalue weighted by atomic mass is 10.1. The third kappa shape index (κ3) is 2.42. The first-order valence-electron chi connectivity index (χ1n) is 6.31. The molecule has 0 saturated heterocycles. The van der Waals surface area contributed by atoms with Crippen LogP contribution in [0.25, 0.3) is 16.9 Å². The van der Waals surface area contributed by atoms with Gasteiger partial charge in [0.2, 0.25) is 0 Å². The maximum atomic E-state index is 13.1. The number of imidazole rings is 1. The molecule has 3 rings (SSSR count). The lowest BCUT2D eigenvalue weighted by Gasteiger charge is -2.04. The van der Waals surface area contributed by atoms with Crippen LogP contribution in [-0.4, -0.2) is 24.1 Å². The summed E-state index contributed by atoms with van der Waals surface area (Å²) in [5, 5.41) is -0.000270. The normalized spacial score (nSPS) is 12.0. The first kappa shape index (κ1) is 13.8. The van der Waals surface area contributed by atoms with Gasteiger partial charge in [-0.1, -0.05) is 0 Å². The van der Waals surface area contributed by atoms with Crippen LogP contribution in [0.4, 0.5) is 4.39 Å². The molecule has 0 unspecified atom stereocenters. The van der Waals surface area contributed by atoms with Gasteiger partial charge in [-0.15, -0.1) is 0 Å². The van der Waals surface area contributed by atoms with Crippen LogP contribution in [0.15, 0.2) is 47.6 Å². The number of rotatable bonds is 2. The molecule has 0 aliphatic carbocycles. The first-order valence-corrected chi connectivity index (χ1v) is 8.20. The highest BCUT2D eigenvalue weighted by Gasteiger charge is 2.22. The van der Waals surface area contributed by atoms with Gasteiger partial charge in [0, 0.05) is 18.0 Å². The highest BCUT2D eigenvalue weighted by atomic mass is 32.2. The predicted molar refractivity (Wildman–Crippen MR) is 78.4 cm³/mol. The Balaban J connectivity index is 2.40. The van der Waals surface area contributed by atoms with Crippen molar-refractivity contribution < 1.29 is 12.8 Å². The maximum Gasteiger partial charge on any atom is 0.194 e. The Morgan fingerprint density at radius 2 is 1.81 bits per heavy atom. The van der Waals surface area contributed by atoms with Crippen molar-refractivity contribution in [1.29, 1.82) is 0 Å². The molecule has 4 nitrogen and oxygen atoms in total. The van der Waals surface area contributed by atoms with Crippen LogP contribution in [0.3, 0.4) is 0 Å². The van der Waals surface area contributed by atoms with E-state index >= 15 is 0 Å². The molecule has 0 aliphatic rings. The van der Waals surface area contributed by atoms with E-state index in [1.807, 2.05) is 19.1 Å². The number of benzene rings is 1. The van der Waals surface area contributed by atoms with E-state index in [9.17, 15) is 12.8 Å². The standard InChI is InChI=1S/C15H13FN2O2S/c1-10-7-8-18-13(9-10)17-15(21(2,19)20)14(18)11-3-5-12(16)6-4-11/h3-9H,1-2H3. The summed E-state index contributed by atoms with van der Waals surface area (Å²) in [6, 6.07) is 9.38. The molecule has 21 heavy (non-hydrogen) atoms. The van der Waals surface area contributed by atoms with Crippen molar-refractivity contribution in [3.63, 3.8) is 0 Å². The zero-order valence-electron chi connectivity index (χ0n) is 11.5. The number of nitrogens with zero attached hydrogens (tertiary/aromatic N) is 2. The summed E-state index contributed by atoms with van der Waals surface area (Å²) >= 11 is 0. The second kappa shape index (κ2) is 4.66. The van der Waals surface area contributed by atoms with Gasteiger partial charge in [-0.3, -0.25) is 4.40 Å². The van der Waals surface area contributed by atoms with Crippen LogP contribution >= 0.6 is 0 Å². The molecule has 2 heterocycles. The van der Waals surface area contributed by atoms with Gasteiger partial charge in [0.25, 0.3) is 0 Å². The fourth-order valence-electron chi connectivity index (χ4n) is 2.25. The molecule has 0 radical (unpaired) electrons. The van der Waals surface area contributed by atoms with Gasteiger partial charge in [0.05, 0.1) is 5.69 Å². The van der Waals surface area contributed by atoms with Gasteiger partial charge in [0.1, 0.15) is 11.5 Å². The van der Waals surface area contributed by atoms with E-state index in [1.54, 1.807) is 22.7 Å². The van der Waals surface area contributed by atoms with Crippen LogP contribution in [0.1, 0.15) is 5.56 Å². The number of hydrogen-bond acceptors (Lipinski definition) is 3. The number of fused-ring (bicyclic) bond motifs is 1. The van der Waals surface area contributed by atoms with Crippen LogP contribution in [0.5, 0.6) is 0 Å². The van der Waals surface area contributed by atoms with E-state index in [-0.39, 0.29) is 10.8 Å². The highest BCUT2D eigenvalue weighted by Crippen LogP contribution is 2.29. The quantitative estimate of drug-likeness (QED) is 0.731. The molecule has 0 N–H and O–H groups in total. The lowest BCUT2D eigenvalue weighted by molar-refractivity contribution is 0.599. The van der Waals surface area contributed by atoms with Crippen molar-refractivity contribution in [2.45, 2.75) is 11.9 Å². The van der Waals surface area contributed by atoms with Gasteiger partial charge in [-0.25, -0.2) is 17.8 Å². The summed E-state index contributed by atoms with van der Waals surface area (Å²) < 4.78 is 38.8.